The van der Waals surface area contributed by atoms with Gasteiger partial charge in [-0.15, -0.1) is 0 Å². The number of halogens is 1. The molecule has 0 atom stereocenters. The molecule has 2 aromatic rings. The predicted molar refractivity (Wildman–Crippen MR) is 103 cm³/mol. The van der Waals surface area contributed by atoms with Crippen molar-refractivity contribution in [1.82, 2.24) is 15.3 Å². The van der Waals surface area contributed by atoms with E-state index in [0.29, 0.717) is 35.4 Å². The summed E-state index contributed by atoms with van der Waals surface area (Å²) in [6.45, 7) is 7.55. The predicted octanol–water partition coefficient (Wildman–Crippen LogP) is 3.41. The molecule has 25 heavy (non-hydrogen) atoms. The number of carbonyl (C=O) groups excluding carboxylic acids is 1. The standard InChI is InChI=1S/C17H23ClN6O/c1-4-19-15-10-16(23-12(3)22-15)20-7-8-21-17(25)24-14-6-5-11(2)9-13(14)18/h5-6,9-10H,4,7-8H2,1-3H3,(H2,21,24,25)(H2,19,20,22,23). The third-order valence-corrected chi connectivity index (χ3v) is 3.60. The fourth-order valence-corrected chi connectivity index (χ4v) is 2.47. The Hall–Kier alpha value is -2.54. The first-order valence-corrected chi connectivity index (χ1v) is 8.50. The van der Waals surface area contributed by atoms with Crippen LogP contribution in [0, 0.1) is 13.8 Å². The highest BCUT2D eigenvalue weighted by molar-refractivity contribution is 6.33. The molecule has 0 bridgehead atoms. The van der Waals surface area contributed by atoms with Gasteiger partial charge in [0.05, 0.1) is 10.7 Å². The number of benzene rings is 1. The van der Waals surface area contributed by atoms with E-state index in [4.69, 9.17) is 11.6 Å². The quantitative estimate of drug-likeness (QED) is 0.566. The number of aromatic nitrogens is 2. The summed E-state index contributed by atoms with van der Waals surface area (Å²) in [5.41, 5.74) is 1.62. The molecule has 0 aliphatic heterocycles. The molecule has 4 N–H and O–H groups in total. The van der Waals surface area contributed by atoms with Gasteiger partial charge in [0, 0.05) is 25.7 Å². The summed E-state index contributed by atoms with van der Waals surface area (Å²) in [4.78, 5) is 20.5. The number of hydrogen-bond donors (Lipinski definition) is 4. The van der Waals surface area contributed by atoms with Crippen LogP contribution in [0.3, 0.4) is 0 Å². The van der Waals surface area contributed by atoms with Crippen molar-refractivity contribution in [2.75, 3.05) is 35.6 Å². The molecule has 0 radical (unpaired) electrons. The molecule has 1 aromatic carbocycles. The maximum atomic E-state index is 11.9. The second-order valence-electron chi connectivity index (χ2n) is 5.51. The zero-order chi connectivity index (χ0) is 18.2. The van der Waals surface area contributed by atoms with Gasteiger partial charge in [0.2, 0.25) is 0 Å². The van der Waals surface area contributed by atoms with Crippen LogP contribution in [0.1, 0.15) is 18.3 Å². The summed E-state index contributed by atoms with van der Waals surface area (Å²) in [6, 6.07) is 7.00. The Bertz CT molecular complexity index is 737. The van der Waals surface area contributed by atoms with Crippen molar-refractivity contribution in [3.63, 3.8) is 0 Å². The lowest BCUT2D eigenvalue weighted by atomic mass is 10.2. The highest BCUT2D eigenvalue weighted by Gasteiger charge is 2.05. The fourth-order valence-electron chi connectivity index (χ4n) is 2.18. The highest BCUT2D eigenvalue weighted by Crippen LogP contribution is 2.22. The van der Waals surface area contributed by atoms with E-state index >= 15 is 0 Å². The number of hydrogen-bond acceptors (Lipinski definition) is 5. The van der Waals surface area contributed by atoms with E-state index in [1.165, 1.54) is 0 Å². The maximum absolute atomic E-state index is 11.9. The van der Waals surface area contributed by atoms with Gasteiger partial charge < -0.3 is 21.3 Å². The van der Waals surface area contributed by atoms with Crippen molar-refractivity contribution in [2.45, 2.75) is 20.8 Å². The van der Waals surface area contributed by atoms with Gasteiger partial charge >= 0.3 is 6.03 Å². The molecule has 2 rings (SSSR count). The molecule has 7 nitrogen and oxygen atoms in total. The summed E-state index contributed by atoms with van der Waals surface area (Å²) in [6.07, 6.45) is 0. The normalized spacial score (nSPS) is 10.2. The molecular weight excluding hydrogens is 340 g/mol. The van der Waals surface area contributed by atoms with Crippen LogP contribution in [-0.4, -0.2) is 35.6 Å². The summed E-state index contributed by atoms with van der Waals surface area (Å²) < 4.78 is 0. The van der Waals surface area contributed by atoms with E-state index in [9.17, 15) is 4.79 Å². The molecule has 134 valence electrons. The van der Waals surface area contributed by atoms with Crippen molar-refractivity contribution in [1.29, 1.82) is 0 Å². The lowest BCUT2D eigenvalue weighted by Crippen LogP contribution is -2.32. The Kier molecular flexibility index (Phi) is 6.82. The molecule has 1 heterocycles. The van der Waals surface area contributed by atoms with Crippen LogP contribution in [0.15, 0.2) is 24.3 Å². The Balaban J connectivity index is 1.78. The topological polar surface area (TPSA) is 91.0 Å². The number of amides is 2. The van der Waals surface area contributed by atoms with Crippen LogP contribution in [0.2, 0.25) is 5.02 Å². The maximum Gasteiger partial charge on any atom is 0.319 e. The van der Waals surface area contributed by atoms with Gasteiger partial charge in [-0.3, -0.25) is 0 Å². The molecule has 8 heteroatoms. The van der Waals surface area contributed by atoms with Crippen LogP contribution < -0.4 is 21.3 Å². The van der Waals surface area contributed by atoms with Gasteiger partial charge in [-0.05, 0) is 38.5 Å². The first kappa shape index (κ1) is 18.8. The van der Waals surface area contributed by atoms with E-state index < -0.39 is 0 Å². The Labute approximate surface area is 152 Å². The number of nitrogens with zero attached hydrogens (tertiary/aromatic N) is 2. The second kappa shape index (κ2) is 9.08. The van der Waals surface area contributed by atoms with Crippen LogP contribution in [0.25, 0.3) is 0 Å². The summed E-state index contributed by atoms with van der Waals surface area (Å²) in [5, 5.41) is 12.3. The fraction of sp³-hybridized carbons (Fsp3) is 0.353. The van der Waals surface area contributed by atoms with Gasteiger partial charge in [-0.1, -0.05) is 17.7 Å². The van der Waals surface area contributed by atoms with Crippen molar-refractivity contribution in [2.24, 2.45) is 0 Å². The minimum atomic E-state index is -0.306. The Morgan fingerprint density at radius 1 is 1.08 bits per heavy atom. The average Bonchev–Trinajstić information content (AvgIpc) is 2.54. The monoisotopic (exact) mass is 362 g/mol. The van der Waals surface area contributed by atoms with Gasteiger partial charge in [0.15, 0.2) is 0 Å². The van der Waals surface area contributed by atoms with E-state index in [2.05, 4.69) is 31.2 Å². The van der Waals surface area contributed by atoms with Gasteiger partial charge in [-0.2, -0.15) is 0 Å². The Morgan fingerprint density at radius 3 is 2.48 bits per heavy atom. The molecule has 0 saturated heterocycles. The van der Waals surface area contributed by atoms with Gasteiger partial charge in [0.25, 0.3) is 0 Å². The number of nitrogens with one attached hydrogen (secondary N) is 4. The van der Waals surface area contributed by atoms with Crippen LogP contribution in [0.4, 0.5) is 22.1 Å². The molecular formula is C17H23ClN6O. The van der Waals surface area contributed by atoms with Crippen molar-refractivity contribution < 1.29 is 4.79 Å². The number of aryl methyl sites for hydroxylation is 2. The third-order valence-electron chi connectivity index (χ3n) is 3.29. The summed E-state index contributed by atoms with van der Waals surface area (Å²) >= 11 is 6.10. The SMILES string of the molecule is CCNc1cc(NCCNC(=O)Nc2ccc(C)cc2Cl)nc(C)n1. The summed E-state index contributed by atoms with van der Waals surface area (Å²) in [7, 11) is 0. The van der Waals surface area contributed by atoms with E-state index in [1.807, 2.05) is 32.9 Å². The van der Waals surface area contributed by atoms with E-state index in [0.717, 1.165) is 17.9 Å². The zero-order valence-corrected chi connectivity index (χ0v) is 15.4. The molecule has 0 aliphatic rings. The van der Waals surface area contributed by atoms with E-state index in [-0.39, 0.29) is 6.03 Å². The zero-order valence-electron chi connectivity index (χ0n) is 14.6. The molecule has 0 unspecified atom stereocenters. The van der Waals surface area contributed by atoms with Crippen molar-refractivity contribution in [3.05, 3.63) is 40.7 Å². The van der Waals surface area contributed by atoms with Crippen LogP contribution in [0.5, 0.6) is 0 Å². The number of anilines is 3. The molecule has 0 spiro atoms. The first-order valence-electron chi connectivity index (χ1n) is 8.12. The molecule has 0 saturated carbocycles. The number of urea groups is 1. The first-order chi connectivity index (χ1) is 12.0. The average molecular weight is 363 g/mol. The second-order valence-corrected chi connectivity index (χ2v) is 5.91. The highest BCUT2D eigenvalue weighted by atomic mass is 35.5. The summed E-state index contributed by atoms with van der Waals surface area (Å²) in [5.74, 6) is 2.17. The largest absolute Gasteiger partial charge is 0.370 e. The smallest absolute Gasteiger partial charge is 0.319 e. The van der Waals surface area contributed by atoms with Gasteiger partial charge in [0.1, 0.15) is 17.5 Å². The lowest BCUT2D eigenvalue weighted by Gasteiger charge is -2.11. The van der Waals surface area contributed by atoms with Crippen LogP contribution in [-0.2, 0) is 0 Å². The number of carbonyl (C=O) groups is 1. The number of rotatable bonds is 7. The van der Waals surface area contributed by atoms with Crippen molar-refractivity contribution >= 4 is 35.0 Å². The van der Waals surface area contributed by atoms with E-state index in [1.54, 1.807) is 12.1 Å². The lowest BCUT2D eigenvalue weighted by molar-refractivity contribution is 0.252. The molecule has 2 amide bonds. The van der Waals surface area contributed by atoms with Crippen molar-refractivity contribution in [3.8, 4) is 0 Å². The molecule has 0 aliphatic carbocycles. The Morgan fingerprint density at radius 2 is 1.80 bits per heavy atom. The molecule has 1 aromatic heterocycles. The third kappa shape index (κ3) is 6.11. The molecule has 0 fully saturated rings. The van der Waals surface area contributed by atoms with Crippen LogP contribution >= 0.6 is 11.6 Å². The minimum Gasteiger partial charge on any atom is -0.370 e. The minimum absolute atomic E-state index is 0.306. The van der Waals surface area contributed by atoms with Gasteiger partial charge in [-0.25, -0.2) is 14.8 Å².